The molecule has 0 bridgehead atoms. The Morgan fingerprint density at radius 2 is 2.18 bits per heavy atom. The van der Waals surface area contributed by atoms with Crippen LogP contribution >= 0.6 is 15.9 Å². The zero-order chi connectivity index (χ0) is 16.3. The summed E-state index contributed by atoms with van der Waals surface area (Å²) in [4.78, 5) is 11.3. The molecule has 1 aromatic rings. The molecule has 0 radical (unpaired) electrons. The van der Waals surface area contributed by atoms with Gasteiger partial charge in [0.1, 0.15) is 0 Å². The lowest BCUT2D eigenvalue weighted by Crippen LogP contribution is -2.47. The number of anilines is 1. The van der Waals surface area contributed by atoms with E-state index in [-0.39, 0.29) is 16.8 Å². The summed E-state index contributed by atoms with van der Waals surface area (Å²) >= 11 is 3.30. The Kier molecular flexibility index (Phi) is 5.60. The van der Waals surface area contributed by atoms with Gasteiger partial charge in [0.25, 0.3) is 0 Å². The SMILES string of the molecule is CC(=O)Nc1ccc(S(=O)(=O)N2CCCCC2CN)cc1Br. The molecular formula is C14H20BrN3O3S. The number of nitrogens with two attached hydrogens (primary N) is 1. The van der Waals surface area contributed by atoms with Crippen molar-refractivity contribution in [2.45, 2.75) is 37.1 Å². The Morgan fingerprint density at radius 3 is 2.77 bits per heavy atom. The predicted molar refractivity (Wildman–Crippen MR) is 89.0 cm³/mol. The van der Waals surface area contributed by atoms with Crippen molar-refractivity contribution in [3.8, 4) is 0 Å². The molecule has 1 unspecified atom stereocenters. The summed E-state index contributed by atoms with van der Waals surface area (Å²) in [6, 6.07) is 4.46. The molecule has 1 atom stereocenters. The van der Waals surface area contributed by atoms with Crippen molar-refractivity contribution in [2.24, 2.45) is 5.73 Å². The van der Waals surface area contributed by atoms with E-state index in [2.05, 4.69) is 21.2 Å². The Labute approximate surface area is 139 Å². The molecule has 8 heteroatoms. The summed E-state index contributed by atoms with van der Waals surface area (Å²) in [6.45, 7) is 2.22. The third kappa shape index (κ3) is 3.68. The van der Waals surface area contributed by atoms with Crippen molar-refractivity contribution < 1.29 is 13.2 Å². The van der Waals surface area contributed by atoms with E-state index < -0.39 is 10.0 Å². The minimum absolute atomic E-state index is 0.146. The molecule has 0 aromatic heterocycles. The van der Waals surface area contributed by atoms with Crippen LogP contribution in [0.2, 0.25) is 0 Å². The van der Waals surface area contributed by atoms with E-state index in [4.69, 9.17) is 5.73 Å². The van der Waals surface area contributed by atoms with E-state index in [1.807, 2.05) is 0 Å². The van der Waals surface area contributed by atoms with Crippen molar-refractivity contribution >= 4 is 37.5 Å². The molecule has 1 aliphatic rings. The molecule has 1 aromatic carbocycles. The number of piperidine rings is 1. The van der Waals surface area contributed by atoms with Crippen LogP contribution in [-0.4, -0.2) is 37.8 Å². The second-order valence-corrected chi connectivity index (χ2v) is 8.07. The van der Waals surface area contributed by atoms with Crippen LogP contribution < -0.4 is 11.1 Å². The highest BCUT2D eigenvalue weighted by atomic mass is 79.9. The second kappa shape index (κ2) is 7.08. The van der Waals surface area contributed by atoms with Gasteiger partial charge in [0, 0.05) is 30.5 Å². The first-order valence-electron chi connectivity index (χ1n) is 7.15. The number of benzene rings is 1. The highest BCUT2D eigenvalue weighted by Crippen LogP contribution is 2.30. The normalized spacial score (nSPS) is 19.9. The van der Waals surface area contributed by atoms with Crippen molar-refractivity contribution in [1.29, 1.82) is 0 Å². The summed E-state index contributed by atoms with van der Waals surface area (Å²) < 4.78 is 27.6. The van der Waals surface area contributed by atoms with Gasteiger partial charge in [-0.05, 0) is 47.0 Å². The fraction of sp³-hybridized carbons (Fsp3) is 0.500. The fourth-order valence-corrected chi connectivity index (χ4v) is 4.97. The van der Waals surface area contributed by atoms with Gasteiger partial charge in [0.15, 0.2) is 0 Å². The quantitative estimate of drug-likeness (QED) is 0.822. The highest BCUT2D eigenvalue weighted by Gasteiger charge is 2.32. The number of rotatable bonds is 4. The van der Waals surface area contributed by atoms with Gasteiger partial charge in [-0.2, -0.15) is 4.31 Å². The first kappa shape index (κ1) is 17.4. The van der Waals surface area contributed by atoms with Gasteiger partial charge in [0.05, 0.1) is 10.6 Å². The standard InChI is InChI=1S/C14H20BrN3O3S/c1-10(19)17-14-6-5-12(8-13(14)15)22(20,21)18-7-3-2-4-11(18)9-16/h5-6,8,11H,2-4,7,9,16H2,1H3,(H,17,19). The molecule has 1 amide bonds. The summed E-state index contributed by atoms with van der Waals surface area (Å²) in [5, 5.41) is 2.64. The number of nitrogens with zero attached hydrogens (tertiary/aromatic N) is 1. The van der Waals surface area contributed by atoms with E-state index in [9.17, 15) is 13.2 Å². The van der Waals surface area contributed by atoms with Crippen LogP contribution in [0.15, 0.2) is 27.6 Å². The Balaban J connectivity index is 2.33. The van der Waals surface area contributed by atoms with Crippen LogP contribution in [0.5, 0.6) is 0 Å². The molecule has 1 aliphatic heterocycles. The number of hydrogen-bond donors (Lipinski definition) is 2. The summed E-state index contributed by atoms with van der Waals surface area (Å²) in [5.41, 5.74) is 6.26. The minimum Gasteiger partial charge on any atom is -0.329 e. The van der Waals surface area contributed by atoms with E-state index >= 15 is 0 Å². The first-order valence-corrected chi connectivity index (χ1v) is 9.38. The Bertz CT molecular complexity index is 663. The predicted octanol–water partition coefficient (Wildman–Crippen LogP) is 1.91. The topological polar surface area (TPSA) is 92.5 Å². The van der Waals surface area contributed by atoms with Crippen molar-refractivity contribution in [2.75, 3.05) is 18.4 Å². The molecular weight excluding hydrogens is 370 g/mol. The third-order valence-electron chi connectivity index (χ3n) is 3.70. The van der Waals surface area contributed by atoms with Crippen LogP contribution in [0.4, 0.5) is 5.69 Å². The molecule has 0 spiro atoms. The van der Waals surface area contributed by atoms with E-state index in [1.54, 1.807) is 6.07 Å². The smallest absolute Gasteiger partial charge is 0.243 e. The molecule has 6 nitrogen and oxygen atoms in total. The van der Waals surface area contributed by atoms with Gasteiger partial charge < -0.3 is 11.1 Å². The van der Waals surface area contributed by atoms with Crippen LogP contribution in [0.25, 0.3) is 0 Å². The number of nitrogens with one attached hydrogen (secondary N) is 1. The lowest BCUT2D eigenvalue weighted by Gasteiger charge is -2.34. The zero-order valence-corrected chi connectivity index (χ0v) is 14.8. The van der Waals surface area contributed by atoms with E-state index in [1.165, 1.54) is 23.4 Å². The van der Waals surface area contributed by atoms with Crippen LogP contribution in [0, 0.1) is 0 Å². The van der Waals surface area contributed by atoms with Gasteiger partial charge in [-0.25, -0.2) is 8.42 Å². The molecule has 1 saturated heterocycles. The molecule has 3 N–H and O–H groups in total. The Morgan fingerprint density at radius 1 is 1.45 bits per heavy atom. The average molecular weight is 390 g/mol. The monoisotopic (exact) mass is 389 g/mol. The van der Waals surface area contributed by atoms with Crippen LogP contribution in [-0.2, 0) is 14.8 Å². The van der Waals surface area contributed by atoms with Gasteiger partial charge >= 0.3 is 0 Å². The van der Waals surface area contributed by atoms with Gasteiger partial charge in [-0.1, -0.05) is 6.42 Å². The summed E-state index contributed by atoms with van der Waals surface area (Å²) in [5.74, 6) is -0.212. The minimum atomic E-state index is -3.58. The first-order chi connectivity index (χ1) is 10.4. The zero-order valence-electron chi connectivity index (χ0n) is 12.4. The lowest BCUT2D eigenvalue weighted by atomic mass is 10.1. The van der Waals surface area contributed by atoms with Crippen LogP contribution in [0.1, 0.15) is 26.2 Å². The summed E-state index contributed by atoms with van der Waals surface area (Å²) in [6.07, 6.45) is 2.64. The van der Waals surface area contributed by atoms with Crippen molar-refractivity contribution in [3.63, 3.8) is 0 Å². The number of hydrogen-bond acceptors (Lipinski definition) is 4. The maximum Gasteiger partial charge on any atom is 0.243 e. The molecule has 1 heterocycles. The number of halogens is 1. The summed E-state index contributed by atoms with van der Waals surface area (Å²) in [7, 11) is -3.58. The lowest BCUT2D eigenvalue weighted by molar-refractivity contribution is -0.114. The number of amides is 1. The van der Waals surface area contributed by atoms with Gasteiger partial charge in [-0.3, -0.25) is 4.79 Å². The molecule has 0 aliphatic carbocycles. The number of carbonyl (C=O) groups is 1. The molecule has 0 saturated carbocycles. The molecule has 22 heavy (non-hydrogen) atoms. The molecule has 2 rings (SSSR count). The van der Waals surface area contributed by atoms with Gasteiger partial charge in [-0.15, -0.1) is 0 Å². The van der Waals surface area contributed by atoms with Crippen molar-refractivity contribution in [1.82, 2.24) is 4.31 Å². The highest BCUT2D eigenvalue weighted by molar-refractivity contribution is 9.10. The van der Waals surface area contributed by atoms with E-state index in [0.717, 1.165) is 19.3 Å². The maximum absolute atomic E-state index is 12.8. The van der Waals surface area contributed by atoms with Crippen molar-refractivity contribution in [3.05, 3.63) is 22.7 Å². The maximum atomic E-state index is 12.8. The number of sulfonamides is 1. The number of carbonyl (C=O) groups excluding carboxylic acids is 1. The average Bonchev–Trinajstić information content (AvgIpc) is 2.48. The Hall–Kier alpha value is -0.960. The van der Waals surface area contributed by atoms with Crippen LogP contribution in [0.3, 0.4) is 0 Å². The van der Waals surface area contributed by atoms with Gasteiger partial charge in [0.2, 0.25) is 15.9 Å². The molecule has 1 fully saturated rings. The van der Waals surface area contributed by atoms with E-state index in [0.29, 0.717) is 23.2 Å². The third-order valence-corrected chi connectivity index (χ3v) is 6.31. The largest absolute Gasteiger partial charge is 0.329 e. The second-order valence-electron chi connectivity index (χ2n) is 5.32. The molecule has 122 valence electrons. The fourth-order valence-electron chi connectivity index (χ4n) is 2.61.